The Hall–Kier alpha value is -4.37. The van der Waals surface area contributed by atoms with Crippen molar-refractivity contribution in [3.63, 3.8) is 0 Å². The van der Waals surface area contributed by atoms with E-state index < -0.39 is 5.97 Å². The molecule has 0 spiro atoms. The number of likely N-dealkylation sites (N-methyl/N-ethyl adjacent to an activating group) is 1. The van der Waals surface area contributed by atoms with Crippen LogP contribution in [0.3, 0.4) is 0 Å². The Balaban J connectivity index is 1.26. The smallest absolute Gasteiger partial charge is 0.337 e. The molecule has 1 N–H and O–H groups in total. The molecule has 1 fully saturated rings. The highest BCUT2D eigenvalue weighted by Gasteiger charge is 2.36. The largest absolute Gasteiger partial charge is 0.491 e. The number of oxazole rings is 1. The summed E-state index contributed by atoms with van der Waals surface area (Å²) in [5.41, 5.74) is 4.70. The number of hydrogen-bond donors (Lipinski definition) is 1. The Kier molecular flexibility index (Phi) is 8.02. The molecule has 40 heavy (non-hydrogen) atoms. The first-order valence-electron chi connectivity index (χ1n) is 13.3. The number of para-hydroxylation sites is 1. The molecule has 5 rings (SSSR count). The Morgan fingerprint density at radius 1 is 1.10 bits per heavy atom. The van der Waals surface area contributed by atoms with Gasteiger partial charge in [-0.05, 0) is 81.0 Å². The van der Waals surface area contributed by atoms with Crippen LogP contribution in [0.15, 0.2) is 71.1 Å². The molecule has 2 atom stereocenters. The van der Waals surface area contributed by atoms with Gasteiger partial charge in [0.05, 0.1) is 25.1 Å². The number of nitrogens with zero attached hydrogens (tertiary/aromatic N) is 3. The average Bonchev–Trinajstić information content (AvgIpc) is 3.57. The van der Waals surface area contributed by atoms with Crippen LogP contribution in [0, 0.1) is 6.92 Å². The summed E-state index contributed by atoms with van der Waals surface area (Å²) in [4.78, 5) is 33.8. The van der Waals surface area contributed by atoms with Gasteiger partial charge in [-0.25, -0.2) is 4.79 Å². The molecule has 1 aromatic heterocycles. The van der Waals surface area contributed by atoms with Gasteiger partial charge in [0.25, 0.3) is 6.01 Å². The molecule has 4 aromatic rings. The molecule has 1 saturated heterocycles. The van der Waals surface area contributed by atoms with E-state index in [1.54, 1.807) is 24.3 Å². The molecule has 1 aliphatic rings. The number of esters is 1. The van der Waals surface area contributed by atoms with Crippen molar-refractivity contribution in [2.24, 2.45) is 0 Å². The van der Waals surface area contributed by atoms with E-state index in [2.05, 4.69) is 15.2 Å². The molecule has 0 bridgehead atoms. The molecule has 2 heterocycles. The summed E-state index contributed by atoms with van der Waals surface area (Å²) in [6, 6.07) is 21.0. The monoisotopic (exact) mass is 542 g/mol. The molecule has 0 saturated carbocycles. The fourth-order valence-corrected chi connectivity index (χ4v) is 4.96. The van der Waals surface area contributed by atoms with E-state index >= 15 is 0 Å². The maximum absolute atomic E-state index is 13.5. The van der Waals surface area contributed by atoms with Gasteiger partial charge in [0, 0.05) is 18.3 Å². The fourth-order valence-electron chi connectivity index (χ4n) is 4.96. The molecule has 208 valence electrons. The first-order valence-corrected chi connectivity index (χ1v) is 13.3. The van der Waals surface area contributed by atoms with Crippen molar-refractivity contribution in [2.75, 3.05) is 39.7 Å². The minimum absolute atomic E-state index is 0.0381. The molecule has 3 aromatic carbocycles. The normalized spacial score (nSPS) is 16.9. The number of nitrogens with one attached hydrogen (secondary N) is 1. The van der Waals surface area contributed by atoms with Crippen LogP contribution < -0.4 is 10.1 Å². The SMILES string of the molecule is COC(=O)c1ccc(OC[C@@H]2C[C@H](N(C)C)CN2C(=O)Cc2ccc3nc(Nc4ccccc4C)oc3c2)cc1. The quantitative estimate of drug-likeness (QED) is 0.301. The molecule has 0 unspecified atom stereocenters. The number of anilines is 2. The van der Waals surface area contributed by atoms with Crippen molar-refractivity contribution < 1.29 is 23.5 Å². The number of ether oxygens (including phenoxy) is 2. The van der Waals surface area contributed by atoms with E-state index in [9.17, 15) is 9.59 Å². The maximum atomic E-state index is 13.5. The van der Waals surface area contributed by atoms with E-state index in [-0.39, 0.29) is 24.4 Å². The van der Waals surface area contributed by atoms with Crippen LogP contribution in [0.2, 0.25) is 0 Å². The zero-order chi connectivity index (χ0) is 28.2. The van der Waals surface area contributed by atoms with Gasteiger partial charge in [-0.3, -0.25) is 4.79 Å². The molecular weight excluding hydrogens is 508 g/mol. The summed E-state index contributed by atoms with van der Waals surface area (Å²) < 4.78 is 16.8. The highest BCUT2D eigenvalue weighted by Crippen LogP contribution is 2.27. The number of rotatable bonds is 9. The highest BCUT2D eigenvalue weighted by atomic mass is 16.5. The third-order valence-electron chi connectivity index (χ3n) is 7.36. The minimum atomic E-state index is -0.393. The van der Waals surface area contributed by atoms with Crippen molar-refractivity contribution in [1.29, 1.82) is 0 Å². The van der Waals surface area contributed by atoms with Crippen LogP contribution in [0.5, 0.6) is 5.75 Å². The van der Waals surface area contributed by atoms with Gasteiger partial charge in [0.2, 0.25) is 5.91 Å². The summed E-state index contributed by atoms with van der Waals surface area (Å²) >= 11 is 0. The van der Waals surface area contributed by atoms with Crippen LogP contribution in [-0.2, 0) is 16.0 Å². The van der Waals surface area contributed by atoms with Crippen molar-refractivity contribution in [1.82, 2.24) is 14.8 Å². The number of benzene rings is 3. The molecule has 0 radical (unpaired) electrons. The molecule has 9 nitrogen and oxygen atoms in total. The Bertz CT molecular complexity index is 1500. The predicted molar refractivity (Wildman–Crippen MR) is 153 cm³/mol. The number of likely N-dealkylation sites (tertiary alicyclic amines) is 1. The molecular formula is C31H34N4O5. The van der Waals surface area contributed by atoms with Crippen molar-refractivity contribution in [2.45, 2.75) is 31.8 Å². The van der Waals surface area contributed by atoms with Crippen LogP contribution in [0.4, 0.5) is 11.7 Å². The van der Waals surface area contributed by atoms with Gasteiger partial charge in [-0.2, -0.15) is 4.98 Å². The number of carbonyl (C=O) groups is 2. The Labute approximate surface area is 233 Å². The molecule has 9 heteroatoms. The van der Waals surface area contributed by atoms with E-state index in [1.165, 1.54) is 7.11 Å². The van der Waals surface area contributed by atoms with Crippen molar-refractivity contribution in [3.8, 4) is 5.75 Å². The Morgan fingerprint density at radius 2 is 1.88 bits per heavy atom. The lowest BCUT2D eigenvalue weighted by Crippen LogP contribution is -2.40. The molecule has 1 aliphatic heterocycles. The van der Waals surface area contributed by atoms with Crippen LogP contribution in [-0.4, -0.2) is 73.1 Å². The topological polar surface area (TPSA) is 97.1 Å². The highest BCUT2D eigenvalue weighted by molar-refractivity contribution is 5.89. The number of amides is 1. The van der Waals surface area contributed by atoms with Crippen LogP contribution in [0.1, 0.15) is 27.9 Å². The lowest BCUT2D eigenvalue weighted by Gasteiger charge is -2.25. The standard InChI is InChI=1S/C31H34N4O5/c1-20-7-5-6-8-26(20)32-31-33-27-14-9-21(15-28(27)40-31)16-29(36)35-18-23(34(2)3)17-24(35)19-39-25-12-10-22(11-13-25)30(37)38-4/h5-15,23-24H,16-19H2,1-4H3,(H,32,33)/t23-,24-/m0/s1. The van der Waals surface area contributed by atoms with E-state index in [4.69, 9.17) is 13.9 Å². The summed E-state index contributed by atoms with van der Waals surface area (Å²) in [7, 11) is 5.41. The van der Waals surface area contributed by atoms with Gasteiger partial charge >= 0.3 is 5.97 Å². The average molecular weight is 543 g/mol. The zero-order valence-corrected chi connectivity index (χ0v) is 23.2. The van der Waals surface area contributed by atoms with Crippen molar-refractivity contribution >= 4 is 34.7 Å². The second kappa shape index (κ2) is 11.8. The second-order valence-electron chi connectivity index (χ2n) is 10.3. The van der Waals surface area contributed by atoms with Gasteiger partial charge < -0.3 is 29.0 Å². The number of aromatic nitrogens is 1. The lowest BCUT2D eigenvalue weighted by atomic mass is 10.1. The molecule has 1 amide bonds. The van der Waals surface area contributed by atoms with E-state index in [1.807, 2.05) is 68.4 Å². The molecule has 0 aliphatic carbocycles. The summed E-state index contributed by atoms with van der Waals surface area (Å²) in [5, 5.41) is 3.23. The van der Waals surface area contributed by atoms with E-state index in [0.29, 0.717) is 36.1 Å². The predicted octanol–water partition coefficient (Wildman–Crippen LogP) is 4.82. The summed E-state index contributed by atoms with van der Waals surface area (Å²) in [5.74, 6) is 0.283. The maximum Gasteiger partial charge on any atom is 0.337 e. The first-order chi connectivity index (χ1) is 19.3. The third kappa shape index (κ3) is 6.10. The number of aryl methyl sites for hydroxylation is 1. The van der Waals surface area contributed by atoms with Crippen LogP contribution in [0.25, 0.3) is 11.1 Å². The summed E-state index contributed by atoms with van der Waals surface area (Å²) in [6.45, 7) is 3.02. The lowest BCUT2D eigenvalue weighted by molar-refractivity contribution is -0.131. The fraction of sp³-hybridized carbons (Fsp3) is 0.323. The third-order valence-corrected chi connectivity index (χ3v) is 7.36. The van der Waals surface area contributed by atoms with E-state index in [0.717, 1.165) is 28.8 Å². The number of hydrogen-bond acceptors (Lipinski definition) is 8. The van der Waals surface area contributed by atoms with Crippen LogP contribution >= 0.6 is 0 Å². The zero-order valence-electron chi connectivity index (χ0n) is 23.2. The van der Waals surface area contributed by atoms with Gasteiger partial charge in [0.1, 0.15) is 17.9 Å². The van der Waals surface area contributed by atoms with Gasteiger partial charge in [-0.1, -0.05) is 24.3 Å². The second-order valence-corrected chi connectivity index (χ2v) is 10.3. The number of fused-ring (bicyclic) bond motifs is 1. The van der Waals surface area contributed by atoms with Gasteiger partial charge in [-0.15, -0.1) is 0 Å². The first kappa shape index (κ1) is 27.2. The van der Waals surface area contributed by atoms with Gasteiger partial charge in [0.15, 0.2) is 5.58 Å². The van der Waals surface area contributed by atoms with Crippen molar-refractivity contribution in [3.05, 3.63) is 83.4 Å². The minimum Gasteiger partial charge on any atom is -0.491 e. The number of carbonyl (C=O) groups excluding carboxylic acids is 2. The Morgan fingerprint density at radius 3 is 2.60 bits per heavy atom. The number of methoxy groups -OCH3 is 1. The summed E-state index contributed by atoms with van der Waals surface area (Å²) in [6.07, 6.45) is 1.07.